The molecule has 0 spiro atoms. The fourth-order valence-corrected chi connectivity index (χ4v) is 3.65. The summed E-state index contributed by atoms with van der Waals surface area (Å²) in [7, 11) is 0. The third-order valence-electron chi connectivity index (χ3n) is 5.12. The lowest BCUT2D eigenvalue weighted by atomic mass is 10.1. The van der Waals surface area contributed by atoms with Crippen LogP contribution in [0.5, 0.6) is 0 Å². The highest BCUT2D eigenvalue weighted by Gasteiger charge is 2.34. The standard InChI is InChI=1S/C19H25N3/c1-13-3-6-18-17(9-13)14(2)10-19(21-18)20-11-15-7-8-22(12-15)16-4-5-16/h3,6,9-10,15-16H,4-5,7-8,11-12H2,1-2H3,(H,20,21). The van der Waals surface area contributed by atoms with Crippen LogP contribution in [0.25, 0.3) is 10.9 Å². The zero-order valence-corrected chi connectivity index (χ0v) is 13.6. The van der Waals surface area contributed by atoms with Crippen LogP contribution in [0.2, 0.25) is 0 Å². The number of nitrogens with zero attached hydrogens (tertiary/aromatic N) is 2. The lowest BCUT2D eigenvalue weighted by Crippen LogP contribution is -2.24. The lowest BCUT2D eigenvalue weighted by Gasteiger charge is -2.16. The number of aromatic nitrogens is 1. The Balaban J connectivity index is 1.44. The van der Waals surface area contributed by atoms with E-state index in [1.807, 2.05) is 0 Å². The number of benzene rings is 1. The second-order valence-corrected chi connectivity index (χ2v) is 7.11. The van der Waals surface area contributed by atoms with Gasteiger partial charge in [-0.3, -0.25) is 0 Å². The van der Waals surface area contributed by atoms with E-state index in [4.69, 9.17) is 4.98 Å². The van der Waals surface area contributed by atoms with Gasteiger partial charge in [-0.25, -0.2) is 4.98 Å². The van der Waals surface area contributed by atoms with Gasteiger partial charge >= 0.3 is 0 Å². The van der Waals surface area contributed by atoms with Crippen LogP contribution < -0.4 is 5.32 Å². The van der Waals surface area contributed by atoms with Crippen molar-refractivity contribution < 1.29 is 0 Å². The molecule has 2 fully saturated rings. The first-order chi connectivity index (χ1) is 10.7. The van der Waals surface area contributed by atoms with E-state index in [9.17, 15) is 0 Å². The molecule has 1 saturated heterocycles. The summed E-state index contributed by atoms with van der Waals surface area (Å²) < 4.78 is 0. The number of hydrogen-bond acceptors (Lipinski definition) is 3. The minimum Gasteiger partial charge on any atom is -0.370 e. The first-order valence-electron chi connectivity index (χ1n) is 8.55. The van der Waals surface area contributed by atoms with Gasteiger partial charge in [0.15, 0.2) is 0 Å². The predicted molar refractivity (Wildman–Crippen MR) is 92.4 cm³/mol. The highest BCUT2D eigenvalue weighted by molar-refractivity contribution is 5.84. The molecular formula is C19H25N3. The molecule has 1 atom stereocenters. The maximum Gasteiger partial charge on any atom is 0.126 e. The predicted octanol–water partition coefficient (Wildman–Crippen LogP) is 3.75. The second kappa shape index (κ2) is 5.54. The van der Waals surface area contributed by atoms with E-state index in [1.165, 1.54) is 48.9 Å². The molecule has 3 heteroatoms. The maximum absolute atomic E-state index is 4.78. The smallest absolute Gasteiger partial charge is 0.126 e. The largest absolute Gasteiger partial charge is 0.370 e. The molecule has 1 unspecified atom stereocenters. The van der Waals surface area contributed by atoms with Crippen molar-refractivity contribution in [2.24, 2.45) is 5.92 Å². The summed E-state index contributed by atoms with van der Waals surface area (Å²) in [5.41, 5.74) is 3.70. The van der Waals surface area contributed by atoms with E-state index in [1.54, 1.807) is 0 Å². The lowest BCUT2D eigenvalue weighted by molar-refractivity contribution is 0.316. The number of nitrogens with one attached hydrogen (secondary N) is 1. The molecule has 2 aromatic rings. The monoisotopic (exact) mass is 295 g/mol. The molecular weight excluding hydrogens is 270 g/mol. The molecule has 1 aliphatic carbocycles. The average molecular weight is 295 g/mol. The molecule has 0 amide bonds. The van der Waals surface area contributed by atoms with Gasteiger partial charge in [-0.05, 0) is 69.3 Å². The van der Waals surface area contributed by atoms with Crippen molar-refractivity contribution in [3.8, 4) is 0 Å². The molecule has 1 aromatic heterocycles. The Morgan fingerprint density at radius 2 is 2.05 bits per heavy atom. The summed E-state index contributed by atoms with van der Waals surface area (Å²) in [6.45, 7) is 7.92. The van der Waals surface area contributed by atoms with E-state index < -0.39 is 0 Å². The molecule has 0 radical (unpaired) electrons. The van der Waals surface area contributed by atoms with Crippen LogP contribution >= 0.6 is 0 Å². The van der Waals surface area contributed by atoms with Crippen LogP contribution in [0.1, 0.15) is 30.4 Å². The van der Waals surface area contributed by atoms with Gasteiger partial charge in [0.2, 0.25) is 0 Å². The summed E-state index contributed by atoms with van der Waals surface area (Å²) in [6, 6.07) is 9.60. The fourth-order valence-electron chi connectivity index (χ4n) is 3.65. The van der Waals surface area contributed by atoms with Gasteiger partial charge in [0.25, 0.3) is 0 Å². The van der Waals surface area contributed by atoms with E-state index in [0.717, 1.165) is 29.8 Å². The van der Waals surface area contributed by atoms with Gasteiger partial charge in [0.1, 0.15) is 5.82 Å². The van der Waals surface area contributed by atoms with Crippen molar-refractivity contribution in [1.82, 2.24) is 9.88 Å². The Morgan fingerprint density at radius 1 is 1.18 bits per heavy atom. The Hall–Kier alpha value is -1.61. The summed E-state index contributed by atoms with van der Waals surface area (Å²) in [6.07, 6.45) is 4.17. The highest BCUT2D eigenvalue weighted by Crippen LogP contribution is 2.31. The van der Waals surface area contributed by atoms with Crippen LogP contribution in [0.15, 0.2) is 24.3 Å². The van der Waals surface area contributed by atoms with Crippen molar-refractivity contribution in [3.63, 3.8) is 0 Å². The van der Waals surface area contributed by atoms with Gasteiger partial charge in [0.05, 0.1) is 5.52 Å². The van der Waals surface area contributed by atoms with Crippen molar-refractivity contribution >= 4 is 16.7 Å². The summed E-state index contributed by atoms with van der Waals surface area (Å²) in [4.78, 5) is 7.45. The Bertz CT molecular complexity index is 690. The number of rotatable bonds is 4. The molecule has 1 N–H and O–H groups in total. The van der Waals surface area contributed by atoms with Crippen molar-refractivity contribution in [2.45, 2.75) is 39.2 Å². The van der Waals surface area contributed by atoms with Crippen LogP contribution in [0.4, 0.5) is 5.82 Å². The van der Waals surface area contributed by atoms with Gasteiger partial charge in [-0.2, -0.15) is 0 Å². The third kappa shape index (κ3) is 2.82. The quantitative estimate of drug-likeness (QED) is 0.931. The summed E-state index contributed by atoms with van der Waals surface area (Å²) >= 11 is 0. The second-order valence-electron chi connectivity index (χ2n) is 7.11. The molecule has 4 rings (SSSR count). The van der Waals surface area contributed by atoms with Crippen molar-refractivity contribution in [3.05, 3.63) is 35.4 Å². The summed E-state index contributed by atoms with van der Waals surface area (Å²) in [5.74, 6) is 1.80. The van der Waals surface area contributed by atoms with Gasteiger partial charge < -0.3 is 10.2 Å². The number of aryl methyl sites for hydroxylation is 2. The summed E-state index contributed by atoms with van der Waals surface area (Å²) in [5, 5.41) is 4.85. The van der Waals surface area contributed by atoms with E-state index >= 15 is 0 Å². The first kappa shape index (κ1) is 14.0. The van der Waals surface area contributed by atoms with Crippen LogP contribution in [-0.2, 0) is 0 Å². The number of likely N-dealkylation sites (tertiary alicyclic amines) is 1. The zero-order chi connectivity index (χ0) is 15.1. The molecule has 1 aromatic carbocycles. The minimum absolute atomic E-state index is 0.774. The van der Waals surface area contributed by atoms with Crippen LogP contribution in [0, 0.1) is 19.8 Å². The molecule has 1 saturated carbocycles. The normalized spacial score (nSPS) is 22.4. The zero-order valence-electron chi connectivity index (χ0n) is 13.6. The third-order valence-corrected chi connectivity index (χ3v) is 5.12. The topological polar surface area (TPSA) is 28.2 Å². The van der Waals surface area contributed by atoms with E-state index in [0.29, 0.717) is 0 Å². The van der Waals surface area contributed by atoms with E-state index in [2.05, 4.69) is 48.3 Å². The number of pyridine rings is 1. The SMILES string of the molecule is Cc1ccc2nc(NCC3CCN(C4CC4)C3)cc(C)c2c1. The molecule has 116 valence electrons. The van der Waals surface area contributed by atoms with Gasteiger partial charge in [-0.1, -0.05) is 11.6 Å². The van der Waals surface area contributed by atoms with Gasteiger partial charge in [-0.15, -0.1) is 0 Å². The van der Waals surface area contributed by atoms with Crippen LogP contribution in [0.3, 0.4) is 0 Å². The highest BCUT2D eigenvalue weighted by atomic mass is 15.2. The molecule has 3 nitrogen and oxygen atoms in total. The average Bonchev–Trinajstić information content (AvgIpc) is 3.25. The Kier molecular flexibility index (Phi) is 3.53. The number of fused-ring (bicyclic) bond motifs is 1. The molecule has 1 aliphatic heterocycles. The van der Waals surface area contributed by atoms with Gasteiger partial charge in [0, 0.05) is 24.5 Å². The Morgan fingerprint density at radius 3 is 2.86 bits per heavy atom. The molecule has 22 heavy (non-hydrogen) atoms. The number of anilines is 1. The van der Waals surface area contributed by atoms with Crippen LogP contribution in [-0.4, -0.2) is 35.6 Å². The van der Waals surface area contributed by atoms with Crippen molar-refractivity contribution in [2.75, 3.05) is 25.0 Å². The Labute approximate surface area is 132 Å². The van der Waals surface area contributed by atoms with Crippen molar-refractivity contribution in [1.29, 1.82) is 0 Å². The first-order valence-corrected chi connectivity index (χ1v) is 8.55. The molecule has 0 bridgehead atoms. The molecule has 2 heterocycles. The number of hydrogen-bond donors (Lipinski definition) is 1. The molecule has 2 aliphatic rings. The fraction of sp³-hybridized carbons (Fsp3) is 0.526. The minimum atomic E-state index is 0.774. The maximum atomic E-state index is 4.78. The van der Waals surface area contributed by atoms with E-state index in [-0.39, 0.29) is 0 Å².